The lowest BCUT2D eigenvalue weighted by Gasteiger charge is -2.49. The molecule has 0 aromatic carbocycles. The van der Waals surface area contributed by atoms with Crippen LogP contribution in [0.2, 0.25) is 0 Å². The van der Waals surface area contributed by atoms with Crippen molar-refractivity contribution in [2.75, 3.05) is 13.1 Å². The van der Waals surface area contributed by atoms with Crippen molar-refractivity contribution in [3.63, 3.8) is 0 Å². The fourth-order valence-electron chi connectivity index (χ4n) is 3.98. The molecule has 2 atom stereocenters. The van der Waals surface area contributed by atoms with Gasteiger partial charge >= 0.3 is 0 Å². The van der Waals surface area contributed by atoms with Crippen molar-refractivity contribution in [3.8, 4) is 0 Å². The molecule has 2 aliphatic rings. The predicted octanol–water partition coefficient (Wildman–Crippen LogP) is 2.29. The Morgan fingerprint density at radius 1 is 1.24 bits per heavy atom. The lowest BCUT2D eigenvalue weighted by molar-refractivity contribution is -0.122. The highest BCUT2D eigenvalue weighted by molar-refractivity contribution is 5.76. The Labute approximate surface area is 130 Å². The minimum absolute atomic E-state index is 0.203. The fraction of sp³-hybridized carbons (Fsp3) is 0.941. The Bertz CT molecular complexity index is 318. The number of carbonyl (C=O) groups is 1. The number of fused-ring (bicyclic) bond motifs is 2. The van der Waals surface area contributed by atoms with E-state index < -0.39 is 0 Å². The van der Waals surface area contributed by atoms with E-state index in [4.69, 9.17) is 0 Å². The Kier molecular flexibility index (Phi) is 6.49. The van der Waals surface area contributed by atoms with Gasteiger partial charge in [-0.1, -0.05) is 13.3 Å². The number of amides is 1. The molecule has 0 aromatic heterocycles. The second-order valence-corrected chi connectivity index (χ2v) is 7.07. The second kappa shape index (κ2) is 8.14. The van der Waals surface area contributed by atoms with Gasteiger partial charge in [-0.15, -0.1) is 0 Å². The van der Waals surface area contributed by atoms with E-state index in [1.54, 1.807) is 0 Å². The summed E-state index contributed by atoms with van der Waals surface area (Å²) in [5.74, 6) is 0.203. The third-order valence-electron chi connectivity index (χ3n) is 4.86. The monoisotopic (exact) mass is 295 g/mol. The maximum Gasteiger partial charge on any atom is 0.221 e. The summed E-state index contributed by atoms with van der Waals surface area (Å²) in [5.41, 5.74) is 0. The van der Waals surface area contributed by atoms with E-state index in [1.165, 1.54) is 38.5 Å². The van der Waals surface area contributed by atoms with Crippen LogP contribution in [0.3, 0.4) is 0 Å². The van der Waals surface area contributed by atoms with Crippen molar-refractivity contribution < 1.29 is 4.79 Å². The molecule has 122 valence electrons. The molecule has 2 fully saturated rings. The number of nitrogens with one attached hydrogen (secondary N) is 2. The Hall–Kier alpha value is -0.610. The zero-order valence-electron chi connectivity index (χ0n) is 14.0. The number of hydrogen-bond donors (Lipinski definition) is 2. The van der Waals surface area contributed by atoms with Crippen LogP contribution >= 0.6 is 0 Å². The van der Waals surface area contributed by atoms with E-state index >= 15 is 0 Å². The zero-order chi connectivity index (χ0) is 15.2. The molecule has 21 heavy (non-hydrogen) atoms. The molecule has 4 nitrogen and oxygen atoms in total. The zero-order valence-corrected chi connectivity index (χ0v) is 14.0. The molecular weight excluding hydrogens is 262 g/mol. The molecule has 2 bridgehead atoms. The van der Waals surface area contributed by atoms with Gasteiger partial charge in [-0.3, -0.25) is 9.69 Å². The van der Waals surface area contributed by atoms with Gasteiger partial charge < -0.3 is 10.6 Å². The van der Waals surface area contributed by atoms with Crippen LogP contribution in [0.1, 0.15) is 65.7 Å². The molecule has 2 heterocycles. The van der Waals surface area contributed by atoms with E-state index in [0.717, 1.165) is 13.1 Å². The van der Waals surface area contributed by atoms with Gasteiger partial charge in [0.1, 0.15) is 0 Å². The second-order valence-electron chi connectivity index (χ2n) is 7.07. The van der Waals surface area contributed by atoms with E-state index in [-0.39, 0.29) is 11.9 Å². The van der Waals surface area contributed by atoms with Crippen LogP contribution in [0.4, 0.5) is 0 Å². The highest BCUT2D eigenvalue weighted by Crippen LogP contribution is 2.34. The molecule has 2 aliphatic heterocycles. The summed E-state index contributed by atoms with van der Waals surface area (Å²) in [6.45, 7) is 8.36. The largest absolute Gasteiger partial charge is 0.354 e. The van der Waals surface area contributed by atoms with Gasteiger partial charge in [0.2, 0.25) is 5.91 Å². The van der Waals surface area contributed by atoms with Gasteiger partial charge in [-0.25, -0.2) is 0 Å². The summed E-state index contributed by atoms with van der Waals surface area (Å²) >= 11 is 0. The normalized spacial score (nSPS) is 29.6. The number of piperidine rings is 2. The molecule has 0 aromatic rings. The molecule has 2 unspecified atom stereocenters. The molecule has 2 rings (SSSR count). The maximum absolute atomic E-state index is 11.9. The Morgan fingerprint density at radius 3 is 2.48 bits per heavy atom. The molecule has 4 heteroatoms. The van der Waals surface area contributed by atoms with E-state index in [1.807, 2.05) is 13.8 Å². The molecule has 0 radical (unpaired) electrons. The average molecular weight is 295 g/mol. The molecule has 0 spiro atoms. The first-order valence-corrected chi connectivity index (χ1v) is 8.88. The first kappa shape index (κ1) is 16.8. The summed E-state index contributed by atoms with van der Waals surface area (Å²) in [4.78, 5) is 14.5. The Balaban J connectivity index is 1.82. The molecular formula is C17H33N3O. The SMILES string of the molecule is CCCNC1CC2CCCC(C1)N2CCC(=O)NC(C)C. The smallest absolute Gasteiger partial charge is 0.221 e. The summed E-state index contributed by atoms with van der Waals surface area (Å²) in [5, 5.41) is 6.71. The first-order valence-electron chi connectivity index (χ1n) is 8.88. The van der Waals surface area contributed by atoms with E-state index in [9.17, 15) is 4.79 Å². The lowest BCUT2D eigenvalue weighted by atomic mass is 9.81. The van der Waals surface area contributed by atoms with Crippen LogP contribution < -0.4 is 10.6 Å². The summed E-state index contributed by atoms with van der Waals surface area (Å²) < 4.78 is 0. The predicted molar refractivity (Wildman–Crippen MR) is 87.3 cm³/mol. The summed E-state index contributed by atoms with van der Waals surface area (Å²) in [7, 11) is 0. The van der Waals surface area contributed by atoms with Crippen LogP contribution in [-0.4, -0.2) is 48.1 Å². The maximum atomic E-state index is 11.9. The van der Waals surface area contributed by atoms with Crippen molar-refractivity contribution in [2.45, 2.75) is 89.9 Å². The van der Waals surface area contributed by atoms with E-state index in [0.29, 0.717) is 24.5 Å². The average Bonchev–Trinajstić information content (AvgIpc) is 2.41. The van der Waals surface area contributed by atoms with Crippen LogP contribution in [0.25, 0.3) is 0 Å². The minimum atomic E-state index is 0.203. The highest BCUT2D eigenvalue weighted by atomic mass is 16.1. The summed E-state index contributed by atoms with van der Waals surface area (Å²) in [6.07, 6.45) is 8.39. The number of nitrogens with zero attached hydrogens (tertiary/aromatic N) is 1. The standard InChI is InChI=1S/C17H33N3O/c1-4-9-18-14-11-15-6-5-7-16(12-14)20(15)10-8-17(21)19-13(2)3/h13-16,18H,4-12H2,1-3H3,(H,19,21). The van der Waals surface area contributed by atoms with Crippen LogP contribution in [0.5, 0.6) is 0 Å². The molecule has 2 saturated heterocycles. The van der Waals surface area contributed by atoms with Gasteiger partial charge in [-0.05, 0) is 52.5 Å². The number of hydrogen-bond acceptors (Lipinski definition) is 3. The van der Waals surface area contributed by atoms with Crippen LogP contribution in [0.15, 0.2) is 0 Å². The topological polar surface area (TPSA) is 44.4 Å². The number of rotatable bonds is 7. The van der Waals surface area contributed by atoms with Gasteiger partial charge in [0.25, 0.3) is 0 Å². The quantitative estimate of drug-likeness (QED) is 0.757. The van der Waals surface area contributed by atoms with E-state index in [2.05, 4.69) is 22.5 Å². The molecule has 0 aliphatic carbocycles. The van der Waals surface area contributed by atoms with Crippen molar-refractivity contribution in [1.82, 2.24) is 15.5 Å². The van der Waals surface area contributed by atoms with Gasteiger partial charge in [0, 0.05) is 37.1 Å². The summed E-state index contributed by atoms with van der Waals surface area (Å²) in [6, 6.07) is 2.33. The third kappa shape index (κ3) is 4.96. The first-order chi connectivity index (χ1) is 10.1. The number of carbonyl (C=O) groups excluding carboxylic acids is 1. The van der Waals surface area contributed by atoms with Gasteiger partial charge in [-0.2, -0.15) is 0 Å². The third-order valence-corrected chi connectivity index (χ3v) is 4.86. The lowest BCUT2D eigenvalue weighted by Crippen LogP contribution is -2.56. The van der Waals surface area contributed by atoms with Crippen molar-refractivity contribution >= 4 is 5.91 Å². The fourth-order valence-corrected chi connectivity index (χ4v) is 3.98. The van der Waals surface area contributed by atoms with Crippen LogP contribution in [0, 0.1) is 0 Å². The van der Waals surface area contributed by atoms with Crippen molar-refractivity contribution in [2.24, 2.45) is 0 Å². The van der Waals surface area contributed by atoms with Crippen molar-refractivity contribution in [1.29, 1.82) is 0 Å². The highest BCUT2D eigenvalue weighted by Gasteiger charge is 2.37. The van der Waals surface area contributed by atoms with Crippen molar-refractivity contribution in [3.05, 3.63) is 0 Å². The molecule has 1 amide bonds. The van der Waals surface area contributed by atoms with Gasteiger partial charge in [0.15, 0.2) is 0 Å². The minimum Gasteiger partial charge on any atom is -0.354 e. The molecule has 2 N–H and O–H groups in total. The van der Waals surface area contributed by atoms with Crippen LogP contribution in [-0.2, 0) is 4.79 Å². The van der Waals surface area contributed by atoms with Gasteiger partial charge in [0.05, 0.1) is 0 Å². The molecule has 0 saturated carbocycles. The Morgan fingerprint density at radius 2 is 1.90 bits per heavy atom.